The second kappa shape index (κ2) is 6.99. The van der Waals surface area contributed by atoms with Gasteiger partial charge in [-0.1, -0.05) is 0 Å². The Morgan fingerprint density at radius 3 is 2.58 bits per heavy atom. The number of ether oxygens (including phenoxy) is 2. The molecule has 6 heteroatoms. The smallest absolute Gasteiger partial charge is 0.322 e. The molecule has 4 rings (SSSR count). The summed E-state index contributed by atoms with van der Waals surface area (Å²) < 4.78 is 10.8. The predicted octanol–water partition coefficient (Wildman–Crippen LogP) is 1.77. The first-order valence-electron chi connectivity index (χ1n) is 8.93. The minimum Gasteiger partial charge on any atom is -0.381 e. The average Bonchev–Trinajstić information content (AvgIpc) is 3.06. The molecule has 1 aromatic carbocycles. The van der Waals surface area contributed by atoms with Crippen molar-refractivity contribution in [3.05, 3.63) is 23.8 Å². The van der Waals surface area contributed by atoms with Crippen LogP contribution in [-0.2, 0) is 15.9 Å². The number of urea groups is 1. The normalized spacial score (nSPS) is 21.7. The van der Waals surface area contributed by atoms with Gasteiger partial charge in [0.15, 0.2) is 0 Å². The lowest BCUT2D eigenvalue weighted by Crippen LogP contribution is -2.46. The zero-order valence-electron chi connectivity index (χ0n) is 14.0. The van der Waals surface area contributed by atoms with Crippen LogP contribution < -0.4 is 15.1 Å². The second-order valence-corrected chi connectivity index (χ2v) is 6.65. The number of benzene rings is 1. The molecule has 3 aliphatic heterocycles. The van der Waals surface area contributed by atoms with Gasteiger partial charge in [-0.2, -0.15) is 0 Å². The summed E-state index contributed by atoms with van der Waals surface area (Å²) in [6, 6.07) is 6.73. The van der Waals surface area contributed by atoms with Gasteiger partial charge in [0.1, 0.15) is 0 Å². The van der Waals surface area contributed by atoms with Crippen molar-refractivity contribution in [2.75, 3.05) is 55.9 Å². The molecule has 24 heavy (non-hydrogen) atoms. The van der Waals surface area contributed by atoms with Crippen LogP contribution in [0.25, 0.3) is 0 Å². The molecule has 0 bridgehead atoms. The number of hydrogen-bond donors (Lipinski definition) is 1. The fourth-order valence-corrected chi connectivity index (χ4v) is 3.71. The fourth-order valence-electron chi connectivity index (χ4n) is 3.71. The van der Waals surface area contributed by atoms with Crippen LogP contribution in [0.3, 0.4) is 0 Å². The predicted molar refractivity (Wildman–Crippen MR) is 92.9 cm³/mol. The van der Waals surface area contributed by atoms with Crippen molar-refractivity contribution < 1.29 is 14.3 Å². The summed E-state index contributed by atoms with van der Waals surface area (Å²) in [5.74, 6) is 0. The lowest BCUT2D eigenvalue weighted by Gasteiger charge is -2.29. The molecular formula is C18H25N3O3. The van der Waals surface area contributed by atoms with Crippen LogP contribution >= 0.6 is 0 Å². The van der Waals surface area contributed by atoms with E-state index in [1.54, 1.807) is 0 Å². The second-order valence-electron chi connectivity index (χ2n) is 6.65. The van der Waals surface area contributed by atoms with E-state index in [4.69, 9.17) is 9.47 Å². The molecule has 0 saturated carbocycles. The maximum atomic E-state index is 12.6. The Labute approximate surface area is 142 Å². The molecule has 0 spiro atoms. The Hall–Kier alpha value is -1.79. The van der Waals surface area contributed by atoms with Gasteiger partial charge in [0, 0.05) is 50.3 Å². The lowest BCUT2D eigenvalue weighted by atomic mass is 10.1. The average molecular weight is 331 g/mol. The number of anilines is 2. The van der Waals surface area contributed by atoms with Gasteiger partial charge in [-0.05, 0) is 43.0 Å². The number of carbonyl (C=O) groups excluding carboxylic acids is 1. The zero-order chi connectivity index (χ0) is 16.4. The van der Waals surface area contributed by atoms with E-state index in [0.29, 0.717) is 0 Å². The Bertz CT molecular complexity index is 595. The van der Waals surface area contributed by atoms with E-state index in [1.807, 2.05) is 4.90 Å². The molecule has 0 radical (unpaired) electrons. The van der Waals surface area contributed by atoms with Gasteiger partial charge in [0.2, 0.25) is 0 Å². The molecule has 6 nitrogen and oxygen atoms in total. The molecule has 0 aromatic heterocycles. The van der Waals surface area contributed by atoms with E-state index in [2.05, 4.69) is 28.4 Å². The number of nitrogens with one attached hydrogen (secondary N) is 1. The first-order chi connectivity index (χ1) is 11.8. The SMILES string of the molecule is O=C(NC1CCOCC1)N1CCc2cc(N3CCOCC3)ccc21. The van der Waals surface area contributed by atoms with Crippen LogP contribution in [0, 0.1) is 0 Å². The first kappa shape index (κ1) is 15.7. The number of hydrogen-bond acceptors (Lipinski definition) is 4. The van der Waals surface area contributed by atoms with Crippen molar-refractivity contribution in [3.63, 3.8) is 0 Å². The minimum atomic E-state index is 0.0276. The molecular weight excluding hydrogens is 306 g/mol. The van der Waals surface area contributed by atoms with E-state index in [1.165, 1.54) is 11.3 Å². The largest absolute Gasteiger partial charge is 0.381 e. The number of morpholine rings is 1. The molecule has 0 atom stereocenters. The molecule has 1 N–H and O–H groups in total. The molecule has 0 aliphatic carbocycles. The molecule has 2 amide bonds. The third-order valence-electron chi connectivity index (χ3n) is 5.13. The van der Waals surface area contributed by atoms with Gasteiger partial charge in [-0.25, -0.2) is 4.79 Å². The maximum absolute atomic E-state index is 12.6. The van der Waals surface area contributed by atoms with Gasteiger partial charge in [-0.15, -0.1) is 0 Å². The Morgan fingerprint density at radius 2 is 1.79 bits per heavy atom. The molecule has 2 fully saturated rings. The van der Waals surface area contributed by atoms with Crippen LogP contribution in [0.4, 0.5) is 16.2 Å². The van der Waals surface area contributed by atoms with Crippen LogP contribution in [0.15, 0.2) is 18.2 Å². The monoisotopic (exact) mass is 331 g/mol. The minimum absolute atomic E-state index is 0.0276. The molecule has 3 heterocycles. The topological polar surface area (TPSA) is 54.0 Å². The Balaban J connectivity index is 1.44. The van der Waals surface area contributed by atoms with Gasteiger partial charge < -0.3 is 19.7 Å². The summed E-state index contributed by atoms with van der Waals surface area (Å²) in [6.45, 7) is 5.69. The maximum Gasteiger partial charge on any atom is 0.322 e. The van der Waals surface area contributed by atoms with E-state index >= 15 is 0 Å². The highest BCUT2D eigenvalue weighted by molar-refractivity contribution is 5.94. The number of carbonyl (C=O) groups is 1. The fraction of sp³-hybridized carbons (Fsp3) is 0.611. The molecule has 0 unspecified atom stereocenters. The number of amides is 2. The number of fused-ring (bicyclic) bond motifs is 1. The van der Waals surface area contributed by atoms with E-state index in [-0.39, 0.29) is 12.1 Å². The van der Waals surface area contributed by atoms with Crippen molar-refractivity contribution in [2.24, 2.45) is 0 Å². The Morgan fingerprint density at radius 1 is 1.04 bits per heavy atom. The van der Waals surface area contributed by atoms with E-state index in [0.717, 1.165) is 71.0 Å². The first-order valence-corrected chi connectivity index (χ1v) is 8.93. The van der Waals surface area contributed by atoms with Gasteiger partial charge >= 0.3 is 6.03 Å². The van der Waals surface area contributed by atoms with Gasteiger partial charge in [0.25, 0.3) is 0 Å². The molecule has 3 aliphatic rings. The standard InChI is InChI=1S/C18H25N3O3/c22-18(19-15-4-9-23-10-5-15)21-6-3-14-13-16(1-2-17(14)21)20-7-11-24-12-8-20/h1-2,13,15H,3-12H2,(H,19,22). The van der Waals surface area contributed by atoms with Crippen molar-refractivity contribution in [2.45, 2.75) is 25.3 Å². The van der Waals surface area contributed by atoms with Gasteiger partial charge in [0.05, 0.1) is 13.2 Å². The number of nitrogens with zero attached hydrogens (tertiary/aromatic N) is 2. The van der Waals surface area contributed by atoms with Crippen molar-refractivity contribution >= 4 is 17.4 Å². The summed E-state index contributed by atoms with van der Waals surface area (Å²) in [6.07, 6.45) is 2.74. The number of rotatable bonds is 2. The zero-order valence-corrected chi connectivity index (χ0v) is 14.0. The highest BCUT2D eigenvalue weighted by atomic mass is 16.5. The summed E-state index contributed by atoms with van der Waals surface area (Å²) >= 11 is 0. The highest BCUT2D eigenvalue weighted by Gasteiger charge is 2.27. The summed E-state index contributed by atoms with van der Waals surface area (Å²) in [7, 11) is 0. The van der Waals surface area contributed by atoms with Crippen LogP contribution in [0.1, 0.15) is 18.4 Å². The third-order valence-corrected chi connectivity index (χ3v) is 5.13. The lowest BCUT2D eigenvalue weighted by molar-refractivity contribution is 0.0804. The van der Waals surface area contributed by atoms with Crippen LogP contribution in [-0.4, -0.2) is 58.1 Å². The summed E-state index contributed by atoms with van der Waals surface area (Å²) in [5, 5.41) is 3.16. The van der Waals surface area contributed by atoms with Gasteiger partial charge in [-0.3, -0.25) is 4.90 Å². The van der Waals surface area contributed by atoms with E-state index in [9.17, 15) is 4.79 Å². The van der Waals surface area contributed by atoms with Crippen LogP contribution in [0.2, 0.25) is 0 Å². The summed E-state index contributed by atoms with van der Waals surface area (Å²) in [5.41, 5.74) is 3.56. The summed E-state index contributed by atoms with van der Waals surface area (Å²) in [4.78, 5) is 16.8. The molecule has 130 valence electrons. The Kier molecular flexibility index (Phi) is 4.58. The van der Waals surface area contributed by atoms with Crippen LogP contribution in [0.5, 0.6) is 0 Å². The molecule has 2 saturated heterocycles. The van der Waals surface area contributed by atoms with E-state index < -0.39 is 0 Å². The highest BCUT2D eigenvalue weighted by Crippen LogP contribution is 2.32. The molecule has 1 aromatic rings. The van der Waals surface area contributed by atoms with Crippen molar-refractivity contribution in [3.8, 4) is 0 Å². The van der Waals surface area contributed by atoms with Crippen molar-refractivity contribution in [1.29, 1.82) is 0 Å². The third kappa shape index (κ3) is 3.21. The van der Waals surface area contributed by atoms with Crippen molar-refractivity contribution in [1.82, 2.24) is 5.32 Å². The quantitative estimate of drug-likeness (QED) is 0.897.